The van der Waals surface area contributed by atoms with Gasteiger partial charge < -0.3 is 16.0 Å². The Morgan fingerprint density at radius 2 is 1.96 bits per heavy atom. The van der Waals surface area contributed by atoms with Crippen molar-refractivity contribution in [2.24, 2.45) is 11.7 Å². The van der Waals surface area contributed by atoms with Gasteiger partial charge in [0.2, 0.25) is 5.91 Å². The maximum Gasteiger partial charge on any atom is 0.237 e. The summed E-state index contributed by atoms with van der Waals surface area (Å²) in [4.78, 5) is 14.5. The van der Waals surface area contributed by atoms with Gasteiger partial charge in [0, 0.05) is 24.8 Å². The van der Waals surface area contributed by atoms with Gasteiger partial charge in [-0.1, -0.05) is 32.0 Å². The average molecular weight is 362 g/mol. The van der Waals surface area contributed by atoms with E-state index < -0.39 is 6.04 Å². The van der Waals surface area contributed by atoms with E-state index in [2.05, 4.69) is 48.3 Å². The molecule has 0 aromatic heterocycles. The van der Waals surface area contributed by atoms with Gasteiger partial charge >= 0.3 is 0 Å². The molecule has 1 saturated heterocycles. The van der Waals surface area contributed by atoms with Crippen molar-refractivity contribution in [3.05, 3.63) is 30.3 Å². The summed E-state index contributed by atoms with van der Waals surface area (Å²) in [5.41, 5.74) is 7.18. The van der Waals surface area contributed by atoms with Gasteiger partial charge in [-0.05, 0) is 37.3 Å². The fourth-order valence-electron chi connectivity index (χ4n) is 2.89. The first-order valence-corrected chi connectivity index (χ1v) is 7.92. The van der Waals surface area contributed by atoms with Crippen LogP contribution >= 0.6 is 24.8 Å². The fourth-order valence-corrected chi connectivity index (χ4v) is 2.89. The number of nitrogens with one attached hydrogen (secondary N) is 1. The van der Waals surface area contributed by atoms with Crippen molar-refractivity contribution in [1.29, 1.82) is 0 Å². The summed E-state index contributed by atoms with van der Waals surface area (Å²) in [6.07, 6.45) is 2.86. The van der Waals surface area contributed by atoms with Crippen molar-refractivity contribution in [3.8, 4) is 0 Å². The molecular formula is C17H29Cl2N3O. The first-order valence-electron chi connectivity index (χ1n) is 7.92. The molecule has 0 saturated carbocycles. The van der Waals surface area contributed by atoms with E-state index >= 15 is 0 Å². The Labute approximate surface area is 152 Å². The normalized spacial score (nSPS) is 18.6. The molecule has 132 valence electrons. The van der Waals surface area contributed by atoms with Crippen molar-refractivity contribution in [1.82, 2.24) is 5.32 Å². The number of carbonyl (C=O) groups excluding carboxylic acids is 1. The Morgan fingerprint density at radius 1 is 1.30 bits per heavy atom. The van der Waals surface area contributed by atoms with Crippen LogP contribution in [0.25, 0.3) is 0 Å². The number of amides is 1. The Balaban J connectivity index is 0.00000242. The number of para-hydroxylation sites is 1. The predicted octanol–water partition coefficient (Wildman–Crippen LogP) is 2.99. The average Bonchev–Trinajstić information content (AvgIpc) is 2.47. The molecule has 0 spiro atoms. The Hall–Kier alpha value is -0.970. The van der Waals surface area contributed by atoms with E-state index in [4.69, 9.17) is 5.73 Å². The van der Waals surface area contributed by atoms with E-state index in [-0.39, 0.29) is 36.8 Å². The lowest BCUT2D eigenvalue weighted by Gasteiger charge is -2.35. The van der Waals surface area contributed by atoms with Crippen molar-refractivity contribution < 1.29 is 4.79 Å². The molecule has 3 N–H and O–H groups in total. The largest absolute Gasteiger partial charge is 0.369 e. The number of nitrogens with zero attached hydrogens (tertiary/aromatic N) is 1. The summed E-state index contributed by atoms with van der Waals surface area (Å²) in [6, 6.07) is 10.2. The first kappa shape index (κ1) is 22.0. The molecule has 1 fully saturated rings. The zero-order valence-corrected chi connectivity index (χ0v) is 15.5. The summed E-state index contributed by atoms with van der Waals surface area (Å²) in [5.74, 6) is 0.432. The Morgan fingerprint density at radius 3 is 2.57 bits per heavy atom. The Kier molecular flexibility index (Phi) is 10.3. The molecule has 2 rings (SSSR count). The van der Waals surface area contributed by atoms with Crippen LogP contribution in [0.3, 0.4) is 0 Å². The van der Waals surface area contributed by atoms with Gasteiger partial charge in [0.25, 0.3) is 0 Å². The molecule has 2 atom stereocenters. The molecule has 4 nitrogen and oxygen atoms in total. The van der Waals surface area contributed by atoms with Crippen LogP contribution in [0.1, 0.15) is 33.1 Å². The van der Waals surface area contributed by atoms with Crippen LogP contribution in [0, 0.1) is 5.92 Å². The van der Waals surface area contributed by atoms with E-state index in [1.807, 2.05) is 6.07 Å². The highest BCUT2D eigenvalue weighted by Crippen LogP contribution is 2.19. The fraction of sp³-hybridized carbons (Fsp3) is 0.588. The third kappa shape index (κ3) is 6.98. The second-order valence-electron chi connectivity index (χ2n) is 6.37. The second kappa shape index (κ2) is 10.7. The lowest BCUT2D eigenvalue weighted by atomic mass is 10.0. The highest BCUT2D eigenvalue weighted by molar-refractivity contribution is 5.85. The van der Waals surface area contributed by atoms with Gasteiger partial charge in [-0.3, -0.25) is 4.79 Å². The van der Waals surface area contributed by atoms with Crippen molar-refractivity contribution in [2.75, 3.05) is 18.0 Å². The van der Waals surface area contributed by atoms with Crippen LogP contribution in [0.15, 0.2) is 30.3 Å². The molecule has 1 aromatic carbocycles. The number of anilines is 1. The molecule has 6 heteroatoms. The zero-order valence-electron chi connectivity index (χ0n) is 13.9. The molecule has 23 heavy (non-hydrogen) atoms. The maximum absolute atomic E-state index is 12.1. The van der Waals surface area contributed by atoms with Crippen LogP contribution in [-0.2, 0) is 4.79 Å². The zero-order chi connectivity index (χ0) is 15.2. The van der Waals surface area contributed by atoms with Crippen LogP contribution < -0.4 is 16.0 Å². The number of rotatable bonds is 5. The van der Waals surface area contributed by atoms with E-state index in [1.165, 1.54) is 5.69 Å². The first-order chi connectivity index (χ1) is 10.1. The molecule has 1 heterocycles. The van der Waals surface area contributed by atoms with E-state index in [0.717, 1.165) is 32.4 Å². The summed E-state index contributed by atoms with van der Waals surface area (Å²) < 4.78 is 0. The molecule has 0 bridgehead atoms. The summed E-state index contributed by atoms with van der Waals surface area (Å²) in [5, 5.41) is 3.12. The van der Waals surface area contributed by atoms with Gasteiger partial charge in [-0.15, -0.1) is 24.8 Å². The summed E-state index contributed by atoms with van der Waals surface area (Å²) in [7, 11) is 0. The number of piperidine rings is 1. The smallest absolute Gasteiger partial charge is 0.237 e. The number of hydrogen-bond acceptors (Lipinski definition) is 3. The van der Waals surface area contributed by atoms with E-state index in [1.54, 1.807) is 0 Å². The third-order valence-electron chi connectivity index (χ3n) is 3.95. The highest BCUT2D eigenvalue weighted by atomic mass is 35.5. The molecule has 1 unspecified atom stereocenters. The van der Waals surface area contributed by atoms with Crippen molar-refractivity contribution in [2.45, 2.75) is 45.2 Å². The van der Waals surface area contributed by atoms with Crippen molar-refractivity contribution in [3.63, 3.8) is 0 Å². The van der Waals surface area contributed by atoms with Crippen LogP contribution in [0.2, 0.25) is 0 Å². The standard InChI is InChI=1S/C17H27N3O.2ClH/c1-13(2)11-16(18)17(21)19-14-7-6-10-20(12-14)15-8-4-3-5-9-15;;/h3-5,8-9,13-14,16H,6-7,10-12,18H2,1-2H3,(H,19,21);2*1H/t14?,16-;;/m0../s1. The van der Waals surface area contributed by atoms with Crippen LogP contribution in [-0.4, -0.2) is 31.1 Å². The Bertz CT molecular complexity index is 456. The molecular weight excluding hydrogens is 333 g/mol. The van der Waals surface area contributed by atoms with Gasteiger partial charge in [0.15, 0.2) is 0 Å². The van der Waals surface area contributed by atoms with Crippen LogP contribution in [0.4, 0.5) is 5.69 Å². The van der Waals surface area contributed by atoms with Gasteiger partial charge in [-0.2, -0.15) is 0 Å². The van der Waals surface area contributed by atoms with Gasteiger partial charge in [-0.25, -0.2) is 0 Å². The molecule has 1 aromatic rings. The molecule has 0 radical (unpaired) electrons. The number of nitrogens with two attached hydrogens (primary N) is 1. The lowest BCUT2D eigenvalue weighted by Crippen LogP contribution is -2.52. The van der Waals surface area contributed by atoms with E-state index in [9.17, 15) is 4.79 Å². The predicted molar refractivity (Wildman–Crippen MR) is 102 cm³/mol. The monoisotopic (exact) mass is 361 g/mol. The maximum atomic E-state index is 12.1. The third-order valence-corrected chi connectivity index (χ3v) is 3.95. The lowest BCUT2D eigenvalue weighted by molar-refractivity contribution is -0.123. The summed E-state index contributed by atoms with van der Waals surface area (Å²) >= 11 is 0. The number of carbonyl (C=O) groups is 1. The van der Waals surface area contributed by atoms with Crippen LogP contribution in [0.5, 0.6) is 0 Å². The molecule has 0 aliphatic carbocycles. The van der Waals surface area contributed by atoms with Crippen molar-refractivity contribution >= 4 is 36.4 Å². The minimum atomic E-state index is -0.392. The second-order valence-corrected chi connectivity index (χ2v) is 6.37. The topological polar surface area (TPSA) is 58.4 Å². The minimum Gasteiger partial charge on any atom is -0.369 e. The van der Waals surface area contributed by atoms with E-state index in [0.29, 0.717) is 5.92 Å². The quantitative estimate of drug-likeness (QED) is 0.847. The molecule has 1 aliphatic rings. The van der Waals surface area contributed by atoms with Gasteiger partial charge in [0.1, 0.15) is 0 Å². The minimum absolute atomic E-state index is 0. The summed E-state index contributed by atoms with van der Waals surface area (Å²) in [6.45, 7) is 6.09. The highest BCUT2D eigenvalue weighted by Gasteiger charge is 2.24. The number of benzene rings is 1. The molecule has 1 amide bonds. The SMILES string of the molecule is CC(C)C[C@H](N)C(=O)NC1CCCN(c2ccccc2)C1.Cl.Cl. The number of hydrogen-bond donors (Lipinski definition) is 2. The molecule has 1 aliphatic heterocycles. The number of halogens is 2. The van der Waals surface area contributed by atoms with Gasteiger partial charge in [0.05, 0.1) is 6.04 Å².